The number of ether oxygens (including phenoxy) is 2. The van der Waals surface area contributed by atoms with E-state index in [0.29, 0.717) is 17.4 Å². The molecule has 2 aromatic rings. The average Bonchev–Trinajstić information content (AvgIpc) is 2.63. The van der Waals surface area contributed by atoms with Gasteiger partial charge in [-0.1, -0.05) is 0 Å². The lowest BCUT2D eigenvalue weighted by molar-refractivity contribution is 0.328. The van der Waals surface area contributed by atoms with Crippen molar-refractivity contribution < 1.29 is 9.47 Å². The van der Waals surface area contributed by atoms with Gasteiger partial charge in [0.2, 0.25) is 0 Å². The fourth-order valence-electron chi connectivity index (χ4n) is 1.09. The van der Waals surface area contributed by atoms with Gasteiger partial charge in [0.1, 0.15) is 6.33 Å². The van der Waals surface area contributed by atoms with Crippen molar-refractivity contribution in [3.05, 3.63) is 12.5 Å². The van der Waals surface area contributed by atoms with Crippen molar-refractivity contribution in [3.8, 4) is 11.8 Å². The fraction of sp³-hybridized carbons (Fsp3) is 0.286. The number of methoxy groups -OCH3 is 2. The highest BCUT2D eigenvalue weighted by atomic mass is 16.5. The van der Waals surface area contributed by atoms with Gasteiger partial charge in [0.25, 0.3) is 11.8 Å². The van der Waals surface area contributed by atoms with Crippen LogP contribution < -0.4 is 9.47 Å². The van der Waals surface area contributed by atoms with Crippen LogP contribution in [0.3, 0.4) is 0 Å². The molecule has 0 spiro atoms. The van der Waals surface area contributed by atoms with Crippen LogP contribution in [0.1, 0.15) is 0 Å². The Hall–Kier alpha value is -1.85. The fourth-order valence-corrected chi connectivity index (χ4v) is 1.09. The highest BCUT2D eigenvalue weighted by molar-refractivity contribution is 5.41. The quantitative estimate of drug-likeness (QED) is 0.657. The van der Waals surface area contributed by atoms with Crippen molar-refractivity contribution in [2.45, 2.75) is 0 Å². The number of nitrogens with zero attached hydrogens (tertiary/aromatic N) is 4. The van der Waals surface area contributed by atoms with Crippen LogP contribution in [-0.2, 0) is 0 Å². The summed E-state index contributed by atoms with van der Waals surface area (Å²) in [5.74, 6) is 0.903. The summed E-state index contributed by atoms with van der Waals surface area (Å²) in [6, 6.07) is 0. The van der Waals surface area contributed by atoms with Gasteiger partial charge >= 0.3 is 0 Å². The molecule has 0 saturated carbocycles. The smallest absolute Gasteiger partial charge is 0.276 e. The maximum atomic E-state index is 5.10. The molecule has 68 valence electrons. The number of fused-ring (bicyclic) bond motifs is 1. The minimum atomic E-state index is 0.412. The van der Waals surface area contributed by atoms with Gasteiger partial charge in [0, 0.05) is 0 Å². The van der Waals surface area contributed by atoms with E-state index in [2.05, 4.69) is 15.2 Å². The van der Waals surface area contributed by atoms with Gasteiger partial charge in [-0.15, -0.1) is 10.2 Å². The number of rotatable bonds is 2. The summed E-state index contributed by atoms with van der Waals surface area (Å²) in [5, 5.41) is 7.54. The highest BCUT2D eigenvalue weighted by Gasteiger charge is 2.10. The van der Waals surface area contributed by atoms with Crippen LogP contribution in [0.2, 0.25) is 0 Å². The Labute approximate surface area is 74.1 Å². The first kappa shape index (κ1) is 7.78. The molecule has 0 amide bonds. The second-order valence-corrected chi connectivity index (χ2v) is 2.34. The van der Waals surface area contributed by atoms with E-state index in [0.717, 1.165) is 0 Å². The Morgan fingerprint density at radius 2 is 2.15 bits per heavy atom. The van der Waals surface area contributed by atoms with Gasteiger partial charge in [-0.05, 0) is 0 Å². The van der Waals surface area contributed by atoms with Gasteiger partial charge in [-0.2, -0.15) is 0 Å². The summed E-state index contributed by atoms with van der Waals surface area (Å²) in [5.41, 5.74) is 0.623. The largest absolute Gasteiger partial charge is 0.478 e. The molecule has 2 rings (SSSR count). The maximum Gasteiger partial charge on any atom is 0.276 e. The molecule has 2 heterocycles. The molecule has 0 bridgehead atoms. The lowest BCUT2D eigenvalue weighted by Crippen LogP contribution is -1.99. The molecule has 2 aromatic heterocycles. The van der Waals surface area contributed by atoms with Crippen molar-refractivity contribution in [1.82, 2.24) is 19.6 Å². The average molecular weight is 180 g/mol. The van der Waals surface area contributed by atoms with E-state index >= 15 is 0 Å². The molecular weight excluding hydrogens is 172 g/mol. The van der Waals surface area contributed by atoms with Crippen LogP contribution in [-0.4, -0.2) is 33.8 Å². The minimum Gasteiger partial charge on any atom is -0.478 e. The normalized spacial score (nSPS) is 10.3. The van der Waals surface area contributed by atoms with Crippen molar-refractivity contribution in [2.24, 2.45) is 0 Å². The molecule has 6 heteroatoms. The molecule has 0 saturated heterocycles. The zero-order chi connectivity index (χ0) is 9.26. The Balaban J connectivity index is 2.74. The van der Waals surface area contributed by atoms with Gasteiger partial charge in [-0.3, -0.25) is 0 Å². The summed E-state index contributed by atoms with van der Waals surface area (Å²) >= 11 is 0. The molecule has 13 heavy (non-hydrogen) atoms. The van der Waals surface area contributed by atoms with Crippen LogP contribution >= 0.6 is 0 Å². The van der Waals surface area contributed by atoms with E-state index in [1.54, 1.807) is 24.0 Å². The predicted molar refractivity (Wildman–Crippen MR) is 43.9 cm³/mol. The van der Waals surface area contributed by atoms with E-state index in [1.807, 2.05) is 0 Å². The second-order valence-electron chi connectivity index (χ2n) is 2.34. The summed E-state index contributed by atoms with van der Waals surface area (Å²) < 4.78 is 11.8. The molecule has 0 radical (unpaired) electrons. The Kier molecular flexibility index (Phi) is 1.73. The van der Waals surface area contributed by atoms with Gasteiger partial charge in [-0.25, -0.2) is 9.38 Å². The molecular formula is C7H8N4O2. The minimum absolute atomic E-state index is 0.412. The van der Waals surface area contributed by atoms with Crippen molar-refractivity contribution in [3.63, 3.8) is 0 Å². The van der Waals surface area contributed by atoms with Crippen LogP contribution in [0.15, 0.2) is 12.5 Å². The predicted octanol–water partition coefficient (Wildman–Crippen LogP) is 0.141. The lowest BCUT2D eigenvalue weighted by atomic mass is 10.6. The molecule has 0 fully saturated rings. The van der Waals surface area contributed by atoms with Crippen LogP contribution in [0.5, 0.6) is 11.8 Å². The van der Waals surface area contributed by atoms with Gasteiger partial charge in [0.05, 0.1) is 20.4 Å². The maximum absolute atomic E-state index is 5.10. The third kappa shape index (κ3) is 1.07. The summed E-state index contributed by atoms with van der Waals surface area (Å²) in [6.07, 6.45) is 3.10. The first-order valence-electron chi connectivity index (χ1n) is 3.63. The van der Waals surface area contributed by atoms with Gasteiger partial charge in [0.15, 0.2) is 5.65 Å². The number of aromatic nitrogens is 4. The third-order valence-corrected chi connectivity index (χ3v) is 1.66. The monoisotopic (exact) mass is 180 g/mol. The van der Waals surface area contributed by atoms with Crippen molar-refractivity contribution in [2.75, 3.05) is 14.2 Å². The van der Waals surface area contributed by atoms with Crippen molar-refractivity contribution in [1.29, 1.82) is 0 Å². The molecule has 0 aromatic carbocycles. The highest BCUT2D eigenvalue weighted by Crippen LogP contribution is 2.23. The molecule has 0 aliphatic carbocycles. The summed E-state index contributed by atoms with van der Waals surface area (Å²) in [4.78, 5) is 4.00. The molecule has 0 N–H and O–H groups in total. The summed E-state index contributed by atoms with van der Waals surface area (Å²) in [6.45, 7) is 0. The zero-order valence-corrected chi connectivity index (χ0v) is 7.26. The Morgan fingerprint density at radius 3 is 2.85 bits per heavy atom. The topological polar surface area (TPSA) is 61.5 Å². The standard InChI is InChI=1S/C7H8N4O2/c1-12-6-7(13-2)11-4-9-10-5(11)3-8-6/h3-4H,1-2H3. The van der Waals surface area contributed by atoms with Gasteiger partial charge < -0.3 is 9.47 Å². The SMILES string of the molecule is COc1ncc2nncn2c1OC. The van der Waals surface area contributed by atoms with Crippen LogP contribution in [0, 0.1) is 0 Å². The number of hydrogen-bond acceptors (Lipinski definition) is 5. The molecule has 0 atom stereocenters. The summed E-state index contributed by atoms with van der Waals surface area (Å²) in [7, 11) is 3.07. The lowest BCUT2D eigenvalue weighted by Gasteiger charge is -2.06. The Morgan fingerprint density at radius 1 is 1.31 bits per heavy atom. The molecule has 0 aliphatic heterocycles. The Bertz CT molecular complexity index is 425. The zero-order valence-electron chi connectivity index (χ0n) is 7.26. The third-order valence-electron chi connectivity index (χ3n) is 1.66. The van der Waals surface area contributed by atoms with Crippen molar-refractivity contribution >= 4 is 5.65 Å². The van der Waals surface area contributed by atoms with E-state index in [4.69, 9.17) is 9.47 Å². The van der Waals surface area contributed by atoms with E-state index < -0.39 is 0 Å². The molecule has 0 unspecified atom stereocenters. The first-order valence-corrected chi connectivity index (χ1v) is 3.63. The molecule has 6 nitrogen and oxygen atoms in total. The molecule has 0 aliphatic rings. The number of hydrogen-bond donors (Lipinski definition) is 0. The van der Waals surface area contributed by atoms with E-state index in [1.165, 1.54) is 7.11 Å². The second kappa shape index (κ2) is 2.89. The van der Waals surface area contributed by atoms with E-state index in [-0.39, 0.29) is 0 Å². The van der Waals surface area contributed by atoms with Crippen LogP contribution in [0.25, 0.3) is 5.65 Å². The first-order chi connectivity index (χ1) is 6.36. The van der Waals surface area contributed by atoms with Crippen LogP contribution in [0.4, 0.5) is 0 Å². The van der Waals surface area contributed by atoms with E-state index in [9.17, 15) is 0 Å².